The lowest BCUT2D eigenvalue weighted by atomic mass is 9.83. The lowest BCUT2D eigenvalue weighted by Crippen LogP contribution is -2.12. The minimum atomic E-state index is 0.383. The van der Waals surface area contributed by atoms with E-state index in [1.165, 1.54) is 92.2 Å². The molecule has 0 bridgehead atoms. The van der Waals surface area contributed by atoms with Crippen molar-refractivity contribution in [2.24, 2.45) is 5.92 Å². The van der Waals surface area contributed by atoms with Gasteiger partial charge in [-0.05, 0) is 85.0 Å². The second kappa shape index (κ2) is 10.1. The highest BCUT2D eigenvalue weighted by Gasteiger charge is 2.26. The molecule has 0 fully saturated rings. The average molecular weight is 621 g/mol. The van der Waals surface area contributed by atoms with Crippen molar-refractivity contribution in [2.75, 3.05) is 0 Å². The summed E-state index contributed by atoms with van der Waals surface area (Å²) in [5.74, 6) is 0.383. The molecule has 0 aliphatic heterocycles. The third-order valence-corrected chi connectivity index (χ3v) is 11.5. The van der Waals surface area contributed by atoms with Gasteiger partial charge in [0, 0.05) is 48.6 Å². The minimum Gasteiger partial charge on any atom is -0.313 e. The van der Waals surface area contributed by atoms with E-state index >= 15 is 0 Å². The van der Waals surface area contributed by atoms with Gasteiger partial charge in [-0.25, -0.2) is 0 Å². The summed E-state index contributed by atoms with van der Waals surface area (Å²) < 4.78 is 7.64. The van der Waals surface area contributed by atoms with E-state index < -0.39 is 0 Å². The molecular formula is C44H32N2S. The zero-order chi connectivity index (χ0) is 31.2. The number of fused-ring (bicyclic) bond motifs is 9. The Morgan fingerprint density at radius 2 is 1.28 bits per heavy atom. The summed E-state index contributed by atoms with van der Waals surface area (Å²) in [6.07, 6.45) is 3.48. The first kappa shape index (κ1) is 26.8. The molecule has 1 aliphatic rings. The number of hydrogen-bond acceptors (Lipinski definition) is 1. The van der Waals surface area contributed by atoms with Gasteiger partial charge in [-0.3, -0.25) is 0 Å². The molecule has 10 rings (SSSR count). The first-order chi connectivity index (χ1) is 23.1. The lowest BCUT2D eigenvalue weighted by Gasteiger charge is -2.24. The number of hydrogen-bond donors (Lipinski definition) is 0. The standard InChI is InChI=1S/C44H32N2S/c1-27-18-21-30(22-19-27)45-38-14-6-3-11-32(38)37-26-35(28(2)24-42(37)45)29-20-23-40-36(25-29)31-10-4-7-15-39(31)46(40)41-16-9-13-34-33-12-5-8-17-43(33)47-44(34)41/h3-23,25-26,28H,24H2,1-2H3. The van der Waals surface area contributed by atoms with Gasteiger partial charge in [-0.15, -0.1) is 11.3 Å². The molecule has 3 heterocycles. The van der Waals surface area contributed by atoms with Crippen molar-refractivity contribution in [2.45, 2.75) is 20.3 Å². The van der Waals surface area contributed by atoms with Crippen LogP contribution in [0, 0.1) is 12.8 Å². The van der Waals surface area contributed by atoms with E-state index in [-0.39, 0.29) is 0 Å². The van der Waals surface area contributed by atoms with Crippen molar-refractivity contribution in [1.29, 1.82) is 0 Å². The van der Waals surface area contributed by atoms with E-state index in [1.807, 2.05) is 11.3 Å². The third-order valence-electron chi connectivity index (χ3n) is 10.3. The van der Waals surface area contributed by atoms with Gasteiger partial charge in [0.2, 0.25) is 0 Å². The van der Waals surface area contributed by atoms with Crippen LogP contribution in [0.15, 0.2) is 133 Å². The topological polar surface area (TPSA) is 9.86 Å². The fourth-order valence-corrected chi connectivity index (χ4v) is 9.26. The van der Waals surface area contributed by atoms with Crippen LogP contribution in [0.1, 0.15) is 29.3 Å². The average Bonchev–Trinajstić information content (AvgIpc) is 3.76. The van der Waals surface area contributed by atoms with Crippen molar-refractivity contribution in [3.8, 4) is 11.4 Å². The molecule has 2 nitrogen and oxygen atoms in total. The van der Waals surface area contributed by atoms with E-state index in [0.29, 0.717) is 5.92 Å². The number of thiophene rings is 1. The molecule has 47 heavy (non-hydrogen) atoms. The molecule has 3 aromatic heterocycles. The van der Waals surface area contributed by atoms with E-state index in [4.69, 9.17) is 0 Å². The first-order valence-electron chi connectivity index (χ1n) is 16.5. The molecule has 1 atom stereocenters. The van der Waals surface area contributed by atoms with Crippen molar-refractivity contribution in [3.63, 3.8) is 0 Å². The quantitative estimate of drug-likeness (QED) is 0.186. The maximum absolute atomic E-state index is 2.49. The molecule has 9 aromatic rings. The third kappa shape index (κ3) is 3.90. The molecule has 0 amide bonds. The van der Waals surface area contributed by atoms with Gasteiger partial charge < -0.3 is 9.13 Å². The molecule has 1 unspecified atom stereocenters. The lowest BCUT2D eigenvalue weighted by molar-refractivity contribution is 0.708. The Balaban J connectivity index is 1.18. The van der Waals surface area contributed by atoms with E-state index in [0.717, 1.165) is 6.42 Å². The summed E-state index contributed by atoms with van der Waals surface area (Å²) in [7, 11) is 0. The molecule has 224 valence electrons. The van der Waals surface area contributed by atoms with Gasteiger partial charge in [0.15, 0.2) is 0 Å². The van der Waals surface area contributed by atoms with Crippen LogP contribution in [0.3, 0.4) is 0 Å². The predicted molar refractivity (Wildman–Crippen MR) is 202 cm³/mol. The summed E-state index contributed by atoms with van der Waals surface area (Å²) >= 11 is 1.89. The zero-order valence-electron chi connectivity index (χ0n) is 26.4. The SMILES string of the molecule is Cc1ccc(-n2c3c(c4ccccc42)C=C(c2ccc4c(c2)c2ccccc2n4-c2cccc4c2sc2ccccc24)C(C)C3)cc1. The van der Waals surface area contributed by atoms with E-state index in [1.54, 1.807) is 0 Å². The number of nitrogens with zero attached hydrogens (tertiary/aromatic N) is 2. The van der Waals surface area contributed by atoms with Crippen LogP contribution in [0.4, 0.5) is 0 Å². The number of aromatic nitrogens is 2. The summed E-state index contributed by atoms with van der Waals surface area (Å²) in [5.41, 5.74) is 13.0. The Bertz CT molecular complexity index is 2730. The molecule has 3 heteroatoms. The van der Waals surface area contributed by atoms with Gasteiger partial charge in [0.25, 0.3) is 0 Å². The van der Waals surface area contributed by atoms with Gasteiger partial charge in [-0.2, -0.15) is 0 Å². The summed E-state index contributed by atoms with van der Waals surface area (Å²) in [6, 6.07) is 49.5. The zero-order valence-corrected chi connectivity index (χ0v) is 27.2. The largest absolute Gasteiger partial charge is 0.313 e. The number of benzene rings is 6. The Morgan fingerprint density at radius 1 is 0.596 bits per heavy atom. The fourth-order valence-electron chi connectivity index (χ4n) is 8.05. The van der Waals surface area contributed by atoms with Gasteiger partial charge >= 0.3 is 0 Å². The summed E-state index contributed by atoms with van der Waals surface area (Å²) in [5, 5.41) is 6.58. The van der Waals surface area contributed by atoms with Crippen LogP contribution in [0.2, 0.25) is 0 Å². The molecule has 0 N–H and O–H groups in total. The maximum atomic E-state index is 2.49. The molecular weight excluding hydrogens is 589 g/mol. The molecule has 6 aromatic carbocycles. The van der Waals surface area contributed by atoms with Crippen LogP contribution >= 0.6 is 11.3 Å². The normalized spacial score (nSPS) is 14.9. The Kier molecular flexibility index (Phi) is 5.74. The van der Waals surface area contributed by atoms with Crippen LogP contribution in [0.5, 0.6) is 0 Å². The molecule has 1 aliphatic carbocycles. The Morgan fingerprint density at radius 3 is 2.11 bits per heavy atom. The fraction of sp³-hybridized carbons (Fsp3) is 0.0909. The Labute approximate surface area is 277 Å². The van der Waals surface area contributed by atoms with Crippen LogP contribution in [0.25, 0.3) is 75.9 Å². The van der Waals surface area contributed by atoms with Gasteiger partial charge in [-0.1, -0.05) is 97.4 Å². The van der Waals surface area contributed by atoms with Crippen LogP contribution in [-0.4, -0.2) is 9.13 Å². The molecule has 0 radical (unpaired) electrons. The first-order valence-corrected chi connectivity index (χ1v) is 17.3. The smallest absolute Gasteiger partial charge is 0.0640 e. The molecule has 0 saturated carbocycles. The van der Waals surface area contributed by atoms with Gasteiger partial charge in [0.05, 0.1) is 26.9 Å². The number of aryl methyl sites for hydroxylation is 1. The highest BCUT2D eigenvalue weighted by molar-refractivity contribution is 7.26. The van der Waals surface area contributed by atoms with Crippen molar-refractivity contribution in [1.82, 2.24) is 9.13 Å². The highest BCUT2D eigenvalue weighted by Crippen LogP contribution is 2.44. The van der Waals surface area contributed by atoms with Crippen molar-refractivity contribution >= 4 is 75.9 Å². The number of rotatable bonds is 3. The van der Waals surface area contributed by atoms with Crippen molar-refractivity contribution in [3.05, 3.63) is 156 Å². The van der Waals surface area contributed by atoms with Crippen molar-refractivity contribution < 1.29 is 0 Å². The Hall–Kier alpha value is -5.38. The highest BCUT2D eigenvalue weighted by atomic mass is 32.1. The van der Waals surface area contributed by atoms with E-state index in [2.05, 4.69) is 163 Å². The molecule has 0 saturated heterocycles. The monoisotopic (exact) mass is 620 g/mol. The number of para-hydroxylation sites is 2. The van der Waals surface area contributed by atoms with Crippen LogP contribution < -0.4 is 0 Å². The summed E-state index contributed by atoms with van der Waals surface area (Å²) in [6.45, 7) is 4.55. The summed E-state index contributed by atoms with van der Waals surface area (Å²) in [4.78, 5) is 0. The maximum Gasteiger partial charge on any atom is 0.0640 e. The molecule has 0 spiro atoms. The van der Waals surface area contributed by atoms with Gasteiger partial charge in [0.1, 0.15) is 0 Å². The minimum absolute atomic E-state index is 0.383. The number of allylic oxidation sites excluding steroid dienone is 1. The predicted octanol–water partition coefficient (Wildman–Crippen LogP) is 12.1. The van der Waals surface area contributed by atoms with Crippen LogP contribution in [-0.2, 0) is 6.42 Å². The second-order valence-electron chi connectivity index (χ2n) is 13.1. The second-order valence-corrected chi connectivity index (χ2v) is 14.1. The van der Waals surface area contributed by atoms with E-state index in [9.17, 15) is 0 Å².